The van der Waals surface area contributed by atoms with E-state index in [4.69, 9.17) is 0 Å². The average molecular weight is 440 g/mol. The molecule has 0 bridgehead atoms. The van der Waals surface area contributed by atoms with Gasteiger partial charge in [0.05, 0.1) is 10.1 Å². The third-order valence-corrected chi connectivity index (χ3v) is 8.94. The van der Waals surface area contributed by atoms with Crippen molar-refractivity contribution < 1.29 is 13.2 Å². The Morgan fingerprint density at radius 1 is 1.10 bits per heavy atom. The van der Waals surface area contributed by atoms with Crippen LogP contribution in [0.15, 0.2) is 41.4 Å². The highest BCUT2D eigenvalue weighted by Gasteiger charge is 2.40. The molecule has 0 atom stereocenters. The molecule has 1 N–H and O–H groups in total. The van der Waals surface area contributed by atoms with Crippen molar-refractivity contribution >= 4 is 27.1 Å². The zero-order valence-corrected chi connectivity index (χ0v) is 18.7. The van der Waals surface area contributed by atoms with Crippen LogP contribution >= 0.6 is 0 Å². The van der Waals surface area contributed by atoms with Crippen LogP contribution in [0.3, 0.4) is 0 Å². The molecule has 7 heteroatoms. The number of hydrogen-bond acceptors (Lipinski definition) is 4. The number of anilines is 1. The molecule has 1 heterocycles. The van der Waals surface area contributed by atoms with Crippen LogP contribution in [-0.4, -0.2) is 29.4 Å². The summed E-state index contributed by atoms with van der Waals surface area (Å²) in [6.45, 7) is 0. The standard InChI is InChI=1S/C24H29N3O3S/c1-27-13-12-23(26-27)25-24(28)21(14-16-4-2-3-5-16)18-8-11-22(20(15-18)17-6-7-17)31(29,30)19-9-10-19/h8,11-17,19H,2-7,9-10H2,1H3,(H,25,26,28). The molecule has 0 spiro atoms. The molecule has 1 amide bonds. The van der Waals surface area contributed by atoms with Crippen LogP contribution in [0.25, 0.3) is 5.57 Å². The normalized spacial score (nSPS) is 20.2. The summed E-state index contributed by atoms with van der Waals surface area (Å²) in [5.74, 6) is 0.990. The van der Waals surface area contributed by atoms with Gasteiger partial charge in [-0.15, -0.1) is 0 Å². The van der Waals surface area contributed by atoms with E-state index in [0.717, 1.165) is 49.7 Å². The Morgan fingerprint density at radius 2 is 1.84 bits per heavy atom. The van der Waals surface area contributed by atoms with Gasteiger partial charge in [0.15, 0.2) is 15.7 Å². The van der Waals surface area contributed by atoms with Gasteiger partial charge in [-0.3, -0.25) is 9.48 Å². The molecule has 6 nitrogen and oxygen atoms in total. The van der Waals surface area contributed by atoms with Crippen molar-refractivity contribution in [1.82, 2.24) is 9.78 Å². The minimum absolute atomic E-state index is 0.190. The summed E-state index contributed by atoms with van der Waals surface area (Å²) in [6, 6.07) is 7.30. The summed E-state index contributed by atoms with van der Waals surface area (Å²) in [6.07, 6.45) is 12.0. The van der Waals surface area contributed by atoms with Gasteiger partial charge in [-0.1, -0.05) is 25.0 Å². The van der Waals surface area contributed by atoms with Crippen molar-refractivity contribution in [3.8, 4) is 0 Å². The van der Waals surface area contributed by atoms with Gasteiger partial charge in [0.25, 0.3) is 5.91 Å². The number of nitrogens with zero attached hydrogens (tertiary/aromatic N) is 2. The molecule has 31 heavy (non-hydrogen) atoms. The van der Waals surface area contributed by atoms with E-state index in [1.165, 1.54) is 12.8 Å². The Balaban J connectivity index is 1.52. The summed E-state index contributed by atoms with van der Waals surface area (Å²) in [4.78, 5) is 13.7. The molecule has 3 aliphatic rings. The molecular formula is C24H29N3O3S. The Kier molecular flexibility index (Phi) is 5.24. The molecule has 1 aromatic heterocycles. The lowest BCUT2D eigenvalue weighted by Crippen LogP contribution is -2.16. The number of benzene rings is 1. The number of carbonyl (C=O) groups is 1. The van der Waals surface area contributed by atoms with Gasteiger partial charge >= 0.3 is 0 Å². The van der Waals surface area contributed by atoms with Crippen molar-refractivity contribution in [2.75, 3.05) is 5.32 Å². The number of carbonyl (C=O) groups excluding carboxylic acids is 1. The fourth-order valence-corrected chi connectivity index (χ4v) is 6.50. The van der Waals surface area contributed by atoms with E-state index in [9.17, 15) is 13.2 Å². The zero-order valence-electron chi connectivity index (χ0n) is 17.9. The number of amides is 1. The first kappa shape index (κ1) is 20.5. The van der Waals surface area contributed by atoms with E-state index in [1.54, 1.807) is 23.0 Å². The first-order chi connectivity index (χ1) is 14.9. The molecule has 1 aromatic carbocycles. The van der Waals surface area contributed by atoms with Crippen molar-refractivity contribution in [3.63, 3.8) is 0 Å². The van der Waals surface area contributed by atoms with Gasteiger partial charge in [0.1, 0.15) is 0 Å². The SMILES string of the molecule is Cn1ccc(NC(=O)C(=CC2CCCC2)c2ccc(S(=O)(=O)C3CC3)c(C3CC3)c2)n1. The predicted molar refractivity (Wildman–Crippen MR) is 120 cm³/mol. The third kappa shape index (κ3) is 4.33. The quantitative estimate of drug-likeness (QED) is 0.647. The summed E-state index contributed by atoms with van der Waals surface area (Å²) in [5.41, 5.74) is 2.32. The topological polar surface area (TPSA) is 81.1 Å². The predicted octanol–water partition coefficient (Wildman–Crippen LogP) is 4.45. The zero-order chi connectivity index (χ0) is 21.6. The van der Waals surface area contributed by atoms with Crippen LogP contribution in [0, 0.1) is 5.92 Å². The first-order valence-corrected chi connectivity index (χ1v) is 12.9. The molecule has 3 saturated carbocycles. The molecule has 0 unspecified atom stereocenters. The maximum Gasteiger partial charge on any atom is 0.257 e. The number of aryl methyl sites for hydroxylation is 1. The van der Waals surface area contributed by atoms with Crippen molar-refractivity contribution in [2.24, 2.45) is 13.0 Å². The highest BCUT2D eigenvalue weighted by atomic mass is 32.2. The number of hydrogen-bond donors (Lipinski definition) is 1. The second kappa shape index (κ2) is 7.93. The van der Waals surface area contributed by atoms with Gasteiger partial charge in [-0.25, -0.2) is 8.42 Å². The monoisotopic (exact) mass is 439 g/mol. The van der Waals surface area contributed by atoms with Crippen molar-refractivity contribution in [3.05, 3.63) is 47.7 Å². The fourth-order valence-electron chi connectivity index (χ4n) is 4.57. The molecule has 0 radical (unpaired) electrons. The highest BCUT2D eigenvalue weighted by Crippen LogP contribution is 2.46. The molecule has 0 aliphatic heterocycles. The van der Waals surface area contributed by atoms with Gasteiger partial charge in [-0.05, 0) is 73.6 Å². The lowest BCUT2D eigenvalue weighted by atomic mass is 9.96. The van der Waals surface area contributed by atoms with Crippen LogP contribution in [0.2, 0.25) is 0 Å². The van der Waals surface area contributed by atoms with E-state index < -0.39 is 9.84 Å². The van der Waals surface area contributed by atoms with Crippen molar-refractivity contribution in [1.29, 1.82) is 0 Å². The number of nitrogens with one attached hydrogen (secondary N) is 1. The van der Waals surface area contributed by atoms with Crippen LogP contribution in [-0.2, 0) is 21.7 Å². The van der Waals surface area contributed by atoms with E-state index in [-0.39, 0.29) is 17.1 Å². The number of allylic oxidation sites excluding steroid dienone is 1. The smallest absolute Gasteiger partial charge is 0.257 e. The second-order valence-corrected chi connectivity index (χ2v) is 11.4. The third-order valence-electron chi connectivity index (χ3n) is 6.61. The highest BCUT2D eigenvalue weighted by molar-refractivity contribution is 7.92. The Morgan fingerprint density at radius 3 is 2.45 bits per heavy atom. The van der Waals surface area contributed by atoms with Crippen LogP contribution in [0.5, 0.6) is 0 Å². The average Bonchev–Trinajstić information content (AvgIpc) is 3.67. The number of rotatable bonds is 7. The number of sulfone groups is 1. The van der Waals surface area contributed by atoms with Gasteiger partial charge in [0, 0.05) is 24.9 Å². The Bertz CT molecular complexity index is 1130. The van der Waals surface area contributed by atoms with E-state index in [0.29, 0.717) is 22.2 Å². The molecule has 0 saturated heterocycles. The summed E-state index contributed by atoms with van der Waals surface area (Å²) >= 11 is 0. The van der Waals surface area contributed by atoms with E-state index in [2.05, 4.69) is 16.5 Å². The van der Waals surface area contributed by atoms with Gasteiger partial charge < -0.3 is 5.32 Å². The minimum Gasteiger partial charge on any atom is -0.305 e. The largest absolute Gasteiger partial charge is 0.305 e. The number of aromatic nitrogens is 2. The fraction of sp³-hybridized carbons (Fsp3) is 0.500. The maximum absolute atomic E-state index is 13.3. The molecule has 2 aromatic rings. The van der Waals surface area contributed by atoms with Crippen molar-refractivity contribution in [2.45, 2.75) is 67.4 Å². The lowest BCUT2D eigenvalue weighted by molar-refractivity contribution is -0.111. The van der Waals surface area contributed by atoms with Gasteiger partial charge in [-0.2, -0.15) is 5.10 Å². The van der Waals surface area contributed by atoms with E-state index >= 15 is 0 Å². The van der Waals surface area contributed by atoms with Crippen LogP contribution < -0.4 is 5.32 Å². The van der Waals surface area contributed by atoms with Gasteiger partial charge in [0.2, 0.25) is 0 Å². The molecule has 5 rings (SSSR count). The van der Waals surface area contributed by atoms with E-state index in [1.807, 2.05) is 19.2 Å². The first-order valence-electron chi connectivity index (χ1n) is 11.3. The van der Waals surface area contributed by atoms with Crippen LogP contribution in [0.1, 0.15) is 68.4 Å². The summed E-state index contributed by atoms with van der Waals surface area (Å²) < 4.78 is 27.6. The summed E-state index contributed by atoms with van der Waals surface area (Å²) in [7, 11) is -1.45. The molecule has 3 aliphatic carbocycles. The Labute approximate surface area is 183 Å². The Hall–Kier alpha value is -2.41. The maximum atomic E-state index is 13.3. The molecule has 164 valence electrons. The molecular weight excluding hydrogens is 410 g/mol. The second-order valence-electron chi connectivity index (χ2n) is 9.22. The van der Waals surface area contributed by atoms with Crippen LogP contribution in [0.4, 0.5) is 5.82 Å². The minimum atomic E-state index is -3.27. The lowest BCUT2D eigenvalue weighted by Gasteiger charge is -2.15. The molecule has 3 fully saturated rings. The summed E-state index contributed by atoms with van der Waals surface area (Å²) in [5, 5.41) is 6.96.